The van der Waals surface area contributed by atoms with E-state index in [1.807, 2.05) is 0 Å². The molecule has 0 aliphatic rings. The van der Waals surface area contributed by atoms with Crippen LogP contribution in [0.4, 0.5) is 0 Å². The van der Waals surface area contributed by atoms with Crippen molar-refractivity contribution in [2.24, 2.45) is 0 Å². The molecule has 0 fully saturated rings. The van der Waals surface area contributed by atoms with Crippen LogP contribution in [0.25, 0.3) is 0 Å². The summed E-state index contributed by atoms with van der Waals surface area (Å²) in [6, 6.07) is 0. The molecule has 0 spiro atoms. The van der Waals surface area contributed by atoms with Gasteiger partial charge in [0.25, 0.3) is 0 Å². The minimum absolute atomic E-state index is 0.241. The van der Waals surface area contributed by atoms with Gasteiger partial charge in [0.15, 0.2) is 0 Å². The normalized spacial score (nSPS) is 11.9. The molecule has 0 aliphatic heterocycles. The molecule has 0 saturated carbocycles. The molecule has 0 saturated heterocycles. The van der Waals surface area contributed by atoms with E-state index in [2.05, 4.69) is 24.9 Å². The fourth-order valence-electron chi connectivity index (χ4n) is 1.91. The number of H-pyrrole nitrogens is 2. The molecule has 7 nitrogen and oxygen atoms in total. The highest BCUT2D eigenvalue weighted by atomic mass is 32.2. The first-order chi connectivity index (χ1) is 9.00. The largest absolute Gasteiger partial charge is 0.349 e. The SMILES string of the molecule is Cc1n[nH]c(C)c1S(=O)(=O)NCCCc1ncc[nH]1. The van der Waals surface area contributed by atoms with Gasteiger partial charge >= 0.3 is 0 Å². The molecule has 0 bridgehead atoms. The second kappa shape index (κ2) is 5.54. The van der Waals surface area contributed by atoms with Crippen molar-refractivity contribution < 1.29 is 8.42 Å². The van der Waals surface area contributed by atoms with E-state index in [4.69, 9.17) is 0 Å². The molecule has 0 atom stereocenters. The molecule has 2 aromatic rings. The molecule has 2 heterocycles. The summed E-state index contributed by atoms with van der Waals surface area (Å²) in [4.78, 5) is 7.30. The lowest BCUT2D eigenvalue weighted by atomic mass is 10.3. The molecule has 8 heteroatoms. The van der Waals surface area contributed by atoms with Crippen molar-refractivity contribution in [3.8, 4) is 0 Å². The Morgan fingerprint density at radius 2 is 2.16 bits per heavy atom. The number of aromatic nitrogens is 4. The number of aromatic amines is 2. The van der Waals surface area contributed by atoms with Gasteiger partial charge in [-0.05, 0) is 20.3 Å². The van der Waals surface area contributed by atoms with Crippen LogP contribution in [-0.4, -0.2) is 35.1 Å². The topological polar surface area (TPSA) is 104 Å². The van der Waals surface area contributed by atoms with E-state index in [1.54, 1.807) is 26.2 Å². The van der Waals surface area contributed by atoms with E-state index in [0.29, 0.717) is 30.8 Å². The Hall–Kier alpha value is -1.67. The van der Waals surface area contributed by atoms with Gasteiger partial charge in [0.05, 0.1) is 11.4 Å². The molecular formula is C11H17N5O2S. The van der Waals surface area contributed by atoms with Crippen molar-refractivity contribution in [2.75, 3.05) is 6.54 Å². The van der Waals surface area contributed by atoms with Gasteiger partial charge in [0, 0.05) is 25.4 Å². The average Bonchev–Trinajstić information content (AvgIpc) is 2.95. The van der Waals surface area contributed by atoms with E-state index in [-0.39, 0.29) is 4.90 Å². The quantitative estimate of drug-likeness (QED) is 0.677. The number of sulfonamides is 1. The maximum Gasteiger partial charge on any atom is 0.244 e. The number of hydrogen-bond acceptors (Lipinski definition) is 4. The third kappa shape index (κ3) is 3.21. The van der Waals surface area contributed by atoms with Crippen LogP contribution in [0.1, 0.15) is 23.6 Å². The number of imidazole rings is 1. The molecule has 3 N–H and O–H groups in total. The Labute approximate surface area is 111 Å². The van der Waals surface area contributed by atoms with Crippen LogP contribution in [0.15, 0.2) is 17.3 Å². The Morgan fingerprint density at radius 3 is 2.74 bits per heavy atom. The molecule has 19 heavy (non-hydrogen) atoms. The van der Waals surface area contributed by atoms with Crippen molar-refractivity contribution >= 4 is 10.0 Å². The highest BCUT2D eigenvalue weighted by molar-refractivity contribution is 7.89. The van der Waals surface area contributed by atoms with Gasteiger partial charge in [-0.2, -0.15) is 5.10 Å². The predicted molar refractivity (Wildman–Crippen MR) is 70.2 cm³/mol. The highest BCUT2D eigenvalue weighted by Gasteiger charge is 2.21. The van der Waals surface area contributed by atoms with Crippen molar-refractivity contribution in [1.29, 1.82) is 0 Å². The van der Waals surface area contributed by atoms with Crippen molar-refractivity contribution in [2.45, 2.75) is 31.6 Å². The summed E-state index contributed by atoms with van der Waals surface area (Å²) in [5.41, 5.74) is 1.03. The van der Waals surface area contributed by atoms with E-state index in [0.717, 1.165) is 5.82 Å². The molecule has 0 aromatic carbocycles. The lowest BCUT2D eigenvalue weighted by Crippen LogP contribution is -2.26. The standard InChI is InChI=1S/C11H17N5O2S/c1-8-11(9(2)16-15-8)19(17,18)14-5-3-4-10-12-6-7-13-10/h6-7,14H,3-5H2,1-2H3,(H,12,13)(H,15,16). The highest BCUT2D eigenvalue weighted by Crippen LogP contribution is 2.15. The predicted octanol–water partition coefficient (Wildman–Crippen LogP) is 0.661. The van der Waals surface area contributed by atoms with Gasteiger partial charge < -0.3 is 4.98 Å². The van der Waals surface area contributed by atoms with E-state index in [9.17, 15) is 8.42 Å². The van der Waals surface area contributed by atoms with Gasteiger partial charge in [-0.25, -0.2) is 18.1 Å². The summed E-state index contributed by atoms with van der Waals surface area (Å²) >= 11 is 0. The minimum Gasteiger partial charge on any atom is -0.349 e. The fourth-order valence-corrected chi connectivity index (χ4v) is 3.35. The molecule has 2 aromatic heterocycles. The maximum atomic E-state index is 12.1. The third-order valence-electron chi connectivity index (χ3n) is 2.77. The number of nitrogens with one attached hydrogen (secondary N) is 3. The lowest BCUT2D eigenvalue weighted by Gasteiger charge is -2.06. The van der Waals surface area contributed by atoms with Gasteiger partial charge in [-0.15, -0.1) is 0 Å². The monoisotopic (exact) mass is 283 g/mol. The van der Waals surface area contributed by atoms with Gasteiger partial charge in [0.1, 0.15) is 10.7 Å². The summed E-state index contributed by atoms with van der Waals surface area (Å²) in [6.07, 6.45) is 4.82. The van der Waals surface area contributed by atoms with Crippen molar-refractivity contribution in [3.05, 3.63) is 29.6 Å². The number of aryl methyl sites for hydroxylation is 3. The van der Waals surface area contributed by atoms with Crippen molar-refractivity contribution in [1.82, 2.24) is 24.9 Å². The maximum absolute atomic E-state index is 12.1. The van der Waals surface area contributed by atoms with E-state index < -0.39 is 10.0 Å². The zero-order valence-corrected chi connectivity index (χ0v) is 11.7. The van der Waals surface area contributed by atoms with Gasteiger partial charge in [0.2, 0.25) is 10.0 Å². The summed E-state index contributed by atoms with van der Waals surface area (Å²) in [5, 5.41) is 6.56. The van der Waals surface area contributed by atoms with Crippen LogP contribution in [0.5, 0.6) is 0 Å². The Balaban J connectivity index is 1.92. The minimum atomic E-state index is -3.49. The summed E-state index contributed by atoms with van der Waals surface area (Å²) in [6.45, 7) is 3.73. The van der Waals surface area contributed by atoms with Crippen molar-refractivity contribution in [3.63, 3.8) is 0 Å². The molecule has 0 aliphatic carbocycles. The lowest BCUT2D eigenvalue weighted by molar-refractivity contribution is 0.577. The number of nitrogens with zero attached hydrogens (tertiary/aromatic N) is 2. The van der Waals surface area contributed by atoms with Crippen LogP contribution in [0.3, 0.4) is 0 Å². The van der Waals surface area contributed by atoms with Gasteiger partial charge in [-0.1, -0.05) is 0 Å². The first-order valence-electron chi connectivity index (χ1n) is 6.00. The molecule has 2 rings (SSSR count). The summed E-state index contributed by atoms with van der Waals surface area (Å²) in [5.74, 6) is 0.856. The van der Waals surface area contributed by atoms with Crippen LogP contribution in [0, 0.1) is 13.8 Å². The second-order valence-electron chi connectivity index (χ2n) is 4.30. The van der Waals surface area contributed by atoms with E-state index >= 15 is 0 Å². The zero-order chi connectivity index (χ0) is 13.9. The average molecular weight is 283 g/mol. The smallest absolute Gasteiger partial charge is 0.244 e. The Morgan fingerprint density at radius 1 is 1.37 bits per heavy atom. The summed E-state index contributed by atoms with van der Waals surface area (Å²) in [7, 11) is -3.49. The summed E-state index contributed by atoms with van der Waals surface area (Å²) < 4.78 is 26.8. The first-order valence-corrected chi connectivity index (χ1v) is 7.48. The molecule has 104 valence electrons. The molecular weight excluding hydrogens is 266 g/mol. The number of hydrogen-bond donors (Lipinski definition) is 3. The molecule has 0 unspecified atom stereocenters. The van der Waals surface area contributed by atoms with E-state index in [1.165, 1.54) is 0 Å². The molecule has 0 amide bonds. The third-order valence-corrected chi connectivity index (χ3v) is 4.49. The van der Waals surface area contributed by atoms with Crippen LogP contribution in [0.2, 0.25) is 0 Å². The first kappa shape index (κ1) is 13.8. The number of rotatable bonds is 6. The van der Waals surface area contributed by atoms with Crippen LogP contribution >= 0.6 is 0 Å². The Kier molecular flexibility index (Phi) is 4.01. The zero-order valence-electron chi connectivity index (χ0n) is 10.9. The molecule has 0 radical (unpaired) electrons. The van der Waals surface area contributed by atoms with Gasteiger partial charge in [-0.3, -0.25) is 5.10 Å². The Bertz CT molecular complexity index is 611. The second-order valence-corrected chi connectivity index (χ2v) is 6.00. The van der Waals surface area contributed by atoms with Crippen LogP contribution in [-0.2, 0) is 16.4 Å². The fraction of sp³-hybridized carbons (Fsp3) is 0.455. The van der Waals surface area contributed by atoms with Crippen LogP contribution < -0.4 is 4.72 Å².